The minimum Gasteiger partial charge on any atom is -0.400 e. The number of hydrogen-bond acceptors (Lipinski definition) is 3. The lowest BCUT2D eigenvalue weighted by Crippen LogP contribution is -2.41. The van der Waals surface area contributed by atoms with Crippen molar-refractivity contribution in [1.82, 2.24) is 0 Å². The quantitative estimate of drug-likeness (QED) is 0.870. The monoisotopic (exact) mass is 291 g/mol. The second-order valence-corrected chi connectivity index (χ2v) is 6.52. The van der Waals surface area contributed by atoms with Crippen LogP contribution in [0.3, 0.4) is 0 Å². The molecule has 1 heterocycles. The van der Waals surface area contributed by atoms with Crippen LogP contribution in [-0.4, -0.2) is 24.9 Å². The Balaban J connectivity index is 2.28. The van der Waals surface area contributed by atoms with E-state index in [9.17, 15) is 4.39 Å². The van der Waals surface area contributed by atoms with Crippen LogP contribution in [0.25, 0.3) is 6.08 Å². The topological polar surface area (TPSA) is 44.5 Å². The Labute approximate surface area is 126 Å². The van der Waals surface area contributed by atoms with Crippen molar-refractivity contribution in [2.75, 3.05) is 6.54 Å². The van der Waals surface area contributed by atoms with E-state index in [4.69, 9.17) is 15.0 Å². The largest absolute Gasteiger partial charge is 0.491 e. The van der Waals surface area contributed by atoms with Crippen molar-refractivity contribution in [2.45, 2.75) is 45.8 Å². The predicted molar refractivity (Wildman–Crippen MR) is 84.3 cm³/mol. The first kappa shape index (κ1) is 16.2. The fourth-order valence-electron chi connectivity index (χ4n) is 2.13. The summed E-state index contributed by atoms with van der Waals surface area (Å²) in [5, 5.41) is 0. The van der Waals surface area contributed by atoms with Crippen LogP contribution in [0, 0.1) is 12.7 Å². The van der Waals surface area contributed by atoms with Crippen LogP contribution >= 0.6 is 0 Å². The highest BCUT2D eigenvalue weighted by Gasteiger charge is 2.52. The third-order valence-electron chi connectivity index (χ3n) is 4.34. The van der Waals surface area contributed by atoms with Crippen LogP contribution in [0.2, 0.25) is 0 Å². The number of halogens is 1. The van der Waals surface area contributed by atoms with Crippen LogP contribution in [0.1, 0.15) is 38.8 Å². The van der Waals surface area contributed by atoms with Crippen LogP contribution in [0.15, 0.2) is 23.7 Å². The Hall–Kier alpha value is -1.17. The van der Waals surface area contributed by atoms with Gasteiger partial charge in [0.15, 0.2) is 0 Å². The molecule has 0 radical (unpaired) electrons. The fourth-order valence-corrected chi connectivity index (χ4v) is 2.13. The number of hydrogen-bond donors (Lipinski definition) is 1. The summed E-state index contributed by atoms with van der Waals surface area (Å²) < 4.78 is 25.6. The fraction of sp³-hybridized carbons (Fsp3) is 0.500. The molecule has 0 spiro atoms. The Morgan fingerprint density at radius 2 is 1.81 bits per heavy atom. The maximum atomic E-state index is 13.6. The van der Waals surface area contributed by atoms with Crippen molar-refractivity contribution >= 4 is 13.2 Å². The summed E-state index contributed by atoms with van der Waals surface area (Å²) in [6.07, 6.45) is 1.84. The molecule has 1 aromatic rings. The van der Waals surface area contributed by atoms with Gasteiger partial charge in [-0.15, -0.1) is 0 Å². The SMILES string of the molecule is Cc1ccc(C=C(CN)B2OC(C)(C)C(C)(C)O2)cc1F. The van der Waals surface area contributed by atoms with Crippen LogP contribution < -0.4 is 5.73 Å². The van der Waals surface area contributed by atoms with Gasteiger partial charge in [-0.05, 0) is 57.3 Å². The molecule has 114 valence electrons. The molecule has 5 heteroatoms. The first-order chi connectivity index (χ1) is 9.66. The summed E-state index contributed by atoms with van der Waals surface area (Å²) in [5.41, 5.74) is 7.18. The molecule has 1 saturated heterocycles. The lowest BCUT2D eigenvalue weighted by atomic mass is 9.77. The van der Waals surface area contributed by atoms with Gasteiger partial charge in [0.2, 0.25) is 0 Å². The maximum absolute atomic E-state index is 13.6. The minimum atomic E-state index is -0.496. The zero-order valence-electron chi connectivity index (χ0n) is 13.4. The van der Waals surface area contributed by atoms with Gasteiger partial charge >= 0.3 is 7.12 Å². The number of benzene rings is 1. The van der Waals surface area contributed by atoms with Gasteiger partial charge in [-0.1, -0.05) is 18.2 Å². The molecule has 0 saturated carbocycles. The highest BCUT2D eigenvalue weighted by atomic mass is 19.1. The Kier molecular flexibility index (Phi) is 4.29. The molecule has 2 N–H and O–H groups in total. The van der Waals surface area contributed by atoms with Crippen molar-refractivity contribution in [3.8, 4) is 0 Å². The van der Waals surface area contributed by atoms with Crippen LogP contribution in [0.4, 0.5) is 4.39 Å². The summed E-state index contributed by atoms with van der Waals surface area (Å²) in [6.45, 7) is 10.0. The molecule has 3 nitrogen and oxygen atoms in total. The predicted octanol–water partition coefficient (Wildman–Crippen LogP) is 3.11. The molecule has 0 atom stereocenters. The van der Waals surface area contributed by atoms with Crippen molar-refractivity contribution in [2.24, 2.45) is 5.73 Å². The van der Waals surface area contributed by atoms with E-state index in [1.54, 1.807) is 13.0 Å². The Morgan fingerprint density at radius 3 is 2.29 bits per heavy atom. The number of nitrogens with two attached hydrogens (primary N) is 1. The third-order valence-corrected chi connectivity index (χ3v) is 4.34. The molecule has 2 rings (SSSR count). The molecule has 0 aliphatic carbocycles. The van der Waals surface area contributed by atoms with E-state index < -0.39 is 18.3 Å². The lowest BCUT2D eigenvalue weighted by molar-refractivity contribution is 0.00578. The van der Waals surface area contributed by atoms with Gasteiger partial charge in [-0.3, -0.25) is 0 Å². The van der Waals surface area contributed by atoms with Gasteiger partial charge in [-0.25, -0.2) is 4.39 Å². The number of rotatable bonds is 3. The average Bonchev–Trinajstić information content (AvgIpc) is 2.59. The zero-order chi connectivity index (χ0) is 15.8. The normalized spacial score (nSPS) is 20.9. The van der Waals surface area contributed by atoms with Crippen molar-refractivity contribution in [3.05, 3.63) is 40.6 Å². The minimum absolute atomic E-state index is 0.228. The third kappa shape index (κ3) is 3.20. The molecule has 0 unspecified atom stereocenters. The summed E-state index contributed by atoms with van der Waals surface area (Å²) in [6, 6.07) is 5.11. The second-order valence-electron chi connectivity index (χ2n) is 6.52. The molecule has 0 aromatic heterocycles. The molecule has 1 aliphatic rings. The Bertz CT molecular complexity index is 553. The van der Waals surface area contributed by atoms with Gasteiger partial charge in [-0.2, -0.15) is 0 Å². The first-order valence-corrected chi connectivity index (χ1v) is 7.18. The van der Waals surface area contributed by atoms with E-state index in [-0.39, 0.29) is 5.82 Å². The zero-order valence-corrected chi connectivity index (χ0v) is 13.4. The van der Waals surface area contributed by atoms with E-state index >= 15 is 0 Å². The van der Waals surface area contributed by atoms with Gasteiger partial charge in [0.25, 0.3) is 0 Å². The average molecular weight is 291 g/mol. The molecule has 1 aromatic carbocycles. The van der Waals surface area contributed by atoms with Crippen LogP contribution in [-0.2, 0) is 9.31 Å². The highest BCUT2D eigenvalue weighted by Crippen LogP contribution is 2.38. The van der Waals surface area contributed by atoms with Crippen molar-refractivity contribution < 1.29 is 13.7 Å². The molecule has 21 heavy (non-hydrogen) atoms. The molecule has 0 amide bonds. The molecule has 0 bridgehead atoms. The second kappa shape index (κ2) is 5.56. The van der Waals surface area contributed by atoms with E-state index in [0.29, 0.717) is 12.1 Å². The molecule has 1 aliphatic heterocycles. The smallest absolute Gasteiger partial charge is 0.400 e. The first-order valence-electron chi connectivity index (χ1n) is 7.18. The number of aryl methyl sites for hydroxylation is 1. The van der Waals surface area contributed by atoms with Gasteiger partial charge in [0, 0.05) is 6.54 Å². The van der Waals surface area contributed by atoms with E-state index in [1.807, 2.05) is 39.8 Å². The summed E-state index contributed by atoms with van der Waals surface area (Å²) in [5.74, 6) is -0.228. The highest BCUT2D eigenvalue weighted by molar-refractivity contribution is 6.55. The Morgan fingerprint density at radius 1 is 1.24 bits per heavy atom. The summed E-state index contributed by atoms with van der Waals surface area (Å²) in [4.78, 5) is 0. The summed E-state index contributed by atoms with van der Waals surface area (Å²) in [7, 11) is -0.496. The van der Waals surface area contributed by atoms with Gasteiger partial charge < -0.3 is 15.0 Å². The van der Waals surface area contributed by atoms with E-state index in [1.165, 1.54) is 6.07 Å². The van der Waals surface area contributed by atoms with E-state index in [0.717, 1.165) is 11.0 Å². The maximum Gasteiger partial charge on any atom is 0.491 e. The van der Waals surface area contributed by atoms with Crippen LogP contribution in [0.5, 0.6) is 0 Å². The standard InChI is InChI=1S/C16H23BFNO2/c1-11-6-7-12(9-14(11)18)8-13(10-19)17-20-15(2,3)16(4,5)21-17/h6-9H,10,19H2,1-5H3. The molecular formula is C16H23BFNO2. The summed E-state index contributed by atoms with van der Waals surface area (Å²) >= 11 is 0. The lowest BCUT2D eigenvalue weighted by Gasteiger charge is -2.32. The van der Waals surface area contributed by atoms with Crippen molar-refractivity contribution in [1.29, 1.82) is 0 Å². The molecule has 1 fully saturated rings. The van der Waals surface area contributed by atoms with Gasteiger partial charge in [0.05, 0.1) is 11.2 Å². The van der Waals surface area contributed by atoms with Gasteiger partial charge in [0.1, 0.15) is 5.82 Å². The van der Waals surface area contributed by atoms with E-state index in [2.05, 4.69) is 0 Å². The van der Waals surface area contributed by atoms with Crippen molar-refractivity contribution in [3.63, 3.8) is 0 Å². The molecular weight excluding hydrogens is 268 g/mol.